The number of carbonyl (C=O) groups excluding carboxylic acids is 1. The van der Waals surface area contributed by atoms with E-state index in [1.54, 1.807) is 12.4 Å². The van der Waals surface area contributed by atoms with Crippen LogP contribution in [0.3, 0.4) is 0 Å². The molecular weight excluding hydrogens is 309 g/mol. The molecule has 0 radical (unpaired) electrons. The fourth-order valence-electron chi connectivity index (χ4n) is 3.37. The molecule has 2 aromatic heterocycles. The van der Waals surface area contributed by atoms with E-state index in [0.717, 1.165) is 23.7 Å². The van der Waals surface area contributed by atoms with E-state index in [4.69, 9.17) is 0 Å². The van der Waals surface area contributed by atoms with E-state index in [1.807, 2.05) is 17.2 Å². The highest BCUT2D eigenvalue weighted by molar-refractivity contribution is 5.89. The van der Waals surface area contributed by atoms with Crippen molar-refractivity contribution in [3.05, 3.63) is 48.2 Å². The molecule has 3 N–H and O–H groups in total. The first-order chi connectivity index (χ1) is 11.7. The van der Waals surface area contributed by atoms with E-state index in [9.17, 15) is 9.18 Å². The number of piperidine rings is 1. The Morgan fingerprint density at radius 2 is 2.12 bits per heavy atom. The summed E-state index contributed by atoms with van der Waals surface area (Å²) in [6, 6.07) is 4.74. The van der Waals surface area contributed by atoms with Gasteiger partial charge >= 0.3 is 6.03 Å². The quantitative estimate of drug-likeness (QED) is 0.674. The molecule has 0 bridgehead atoms. The molecule has 1 saturated heterocycles. The van der Waals surface area contributed by atoms with Crippen molar-refractivity contribution < 1.29 is 9.18 Å². The minimum atomic E-state index is -0.235. The lowest BCUT2D eigenvalue weighted by molar-refractivity contribution is 0.195. The second-order valence-corrected chi connectivity index (χ2v) is 6.11. The van der Waals surface area contributed by atoms with Crippen molar-refractivity contribution in [2.75, 3.05) is 18.4 Å². The summed E-state index contributed by atoms with van der Waals surface area (Å²) in [5.74, 6) is 0.142. The number of halogens is 1. The Bertz CT molecular complexity index is 849. The predicted molar refractivity (Wildman–Crippen MR) is 89.4 cm³/mol. The summed E-state index contributed by atoms with van der Waals surface area (Å²) in [6.45, 7) is 1.39. The molecule has 3 heterocycles. The number of amides is 2. The summed E-state index contributed by atoms with van der Waals surface area (Å²) in [5, 5.41) is 10.4. The lowest BCUT2D eigenvalue weighted by atomic mass is 9.89. The van der Waals surface area contributed by atoms with Gasteiger partial charge in [-0.05, 0) is 42.5 Å². The zero-order valence-corrected chi connectivity index (χ0v) is 13.1. The molecule has 7 heteroatoms. The summed E-state index contributed by atoms with van der Waals surface area (Å²) in [7, 11) is 0. The van der Waals surface area contributed by atoms with Gasteiger partial charge in [0.15, 0.2) is 0 Å². The molecule has 0 saturated carbocycles. The highest BCUT2D eigenvalue weighted by Gasteiger charge is 2.25. The van der Waals surface area contributed by atoms with Gasteiger partial charge in [-0.1, -0.05) is 0 Å². The van der Waals surface area contributed by atoms with Crippen LogP contribution >= 0.6 is 0 Å². The fraction of sp³-hybridized carbons (Fsp3) is 0.294. The van der Waals surface area contributed by atoms with Crippen LogP contribution < -0.4 is 5.32 Å². The molecule has 0 unspecified atom stereocenters. The van der Waals surface area contributed by atoms with Crippen molar-refractivity contribution >= 4 is 22.6 Å². The van der Waals surface area contributed by atoms with Gasteiger partial charge in [0, 0.05) is 36.4 Å². The topological polar surface area (TPSA) is 76.8 Å². The molecule has 2 amide bonds. The number of hydrogen-bond acceptors (Lipinski definition) is 2. The summed E-state index contributed by atoms with van der Waals surface area (Å²) in [5.41, 5.74) is 2.70. The smallest absolute Gasteiger partial charge is 0.321 e. The number of aromatic amines is 2. The molecule has 0 spiro atoms. The number of benzene rings is 1. The number of carbonyl (C=O) groups is 1. The van der Waals surface area contributed by atoms with E-state index >= 15 is 0 Å². The Balaban J connectivity index is 1.43. The number of nitrogens with one attached hydrogen (secondary N) is 3. The molecule has 6 nitrogen and oxygen atoms in total. The van der Waals surface area contributed by atoms with Crippen LogP contribution in [-0.4, -0.2) is 39.2 Å². The molecule has 0 atom stereocenters. The van der Waals surface area contributed by atoms with Crippen LogP contribution in [0.5, 0.6) is 0 Å². The van der Waals surface area contributed by atoms with E-state index in [1.165, 1.54) is 17.7 Å². The Kier molecular flexibility index (Phi) is 3.68. The number of fused-ring (bicyclic) bond motifs is 1. The van der Waals surface area contributed by atoms with Crippen molar-refractivity contribution in [1.82, 2.24) is 20.1 Å². The number of urea groups is 1. The Labute approximate surface area is 138 Å². The molecule has 1 aliphatic rings. The minimum absolute atomic E-state index is 0.101. The van der Waals surface area contributed by atoms with Crippen molar-refractivity contribution in [2.24, 2.45) is 0 Å². The molecule has 0 aliphatic carbocycles. The maximum absolute atomic E-state index is 13.3. The maximum Gasteiger partial charge on any atom is 0.321 e. The van der Waals surface area contributed by atoms with E-state index in [2.05, 4.69) is 20.5 Å². The third kappa shape index (κ3) is 2.73. The summed E-state index contributed by atoms with van der Waals surface area (Å²) in [6.07, 6.45) is 6.98. The predicted octanol–water partition coefficient (Wildman–Crippen LogP) is 3.44. The molecule has 1 aromatic carbocycles. The molecule has 4 rings (SSSR count). The Morgan fingerprint density at radius 3 is 2.88 bits per heavy atom. The third-order valence-corrected chi connectivity index (χ3v) is 4.65. The van der Waals surface area contributed by atoms with Gasteiger partial charge in [0.1, 0.15) is 5.82 Å². The highest BCUT2D eigenvalue weighted by Crippen LogP contribution is 2.33. The number of hydrogen-bond donors (Lipinski definition) is 3. The third-order valence-electron chi connectivity index (χ3n) is 4.65. The zero-order valence-electron chi connectivity index (χ0n) is 13.1. The van der Waals surface area contributed by atoms with Crippen molar-refractivity contribution in [1.29, 1.82) is 0 Å². The Morgan fingerprint density at radius 1 is 1.29 bits per heavy atom. The summed E-state index contributed by atoms with van der Waals surface area (Å²) >= 11 is 0. The lowest BCUT2D eigenvalue weighted by Crippen LogP contribution is -2.40. The normalized spacial score (nSPS) is 15.8. The van der Waals surface area contributed by atoms with Gasteiger partial charge in [-0.3, -0.25) is 5.10 Å². The fourth-order valence-corrected chi connectivity index (χ4v) is 3.37. The molecule has 3 aromatic rings. The lowest BCUT2D eigenvalue weighted by Gasteiger charge is -2.31. The first kappa shape index (κ1) is 14.7. The van der Waals surface area contributed by atoms with E-state index < -0.39 is 0 Å². The minimum Gasteiger partial charge on any atom is -0.361 e. The standard InChI is InChI=1S/C17H18FN5O/c18-12-1-2-14-15(10-19-16(14)7-12)11-3-5-23(6-4-11)17(24)22-13-8-20-21-9-13/h1-2,7-11,19H,3-6H2,(H,20,21)(H,22,24). The van der Waals surface area contributed by atoms with Crippen LogP contribution in [-0.2, 0) is 0 Å². The second-order valence-electron chi connectivity index (χ2n) is 6.11. The molecular formula is C17H18FN5O. The summed E-state index contributed by atoms with van der Waals surface area (Å²) in [4.78, 5) is 17.2. The van der Waals surface area contributed by atoms with Gasteiger partial charge < -0.3 is 15.2 Å². The summed E-state index contributed by atoms with van der Waals surface area (Å²) < 4.78 is 13.3. The largest absolute Gasteiger partial charge is 0.361 e. The highest BCUT2D eigenvalue weighted by atomic mass is 19.1. The van der Waals surface area contributed by atoms with Crippen LogP contribution in [0.15, 0.2) is 36.8 Å². The van der Waals surface area contributed by atoms with E-state index in [-0.39, 0.29) is 11.8 Å². The second kappa shape index (κ2) is 5.99. The van der Waals surface area contributed by atoms with Crippen LogP contribution in [0.2, 0.25) is 0 Å². The van der Waals surface area contributed by atoms with Gasteiger partial charge in [-0.2, -0.15) is 5.10 Å². The van der Waals surface area contributed by atoms with Gasteiger partial charge in [-0.25, -0.2) is 9.18 Å². The van der Waals surface area contributed by atoms with Crippen LogP contribution in [0, 0.1) is 5.82 Å². The maximum atomic E-state index is 13.3. The SMILES string of the molecule is O=C(Nc1cn[nH]c1)N1CCC(c2c[nH]c3cc(F)ccc23)CC1. The van der Waals surface area contributed by atoms with E-state index in [0.29, 0.717) is 24.7 Å². The van der Waals surface area contributed by atoms with Crippen LogP contribution in [0.4, 0.5) is 14.9 Å². The molecule has 124 valence electrons. The van der Waals surface area contributed by atoms with Gasteiger partial charge in [0.2, 0.25) is 0 Å². The molecule has 1 aliphatic heterocycles. The average molecular weight is 327 g/mol. The van der Waals surface area contributed by atoms with Crippen molar-refractivity contribution in [2.45, 2.75) is 18.8 Å². The molecule has 24 heavy (non-hydrogen) atoms. The van der Waals surface area contributed by atoms with Gasteiger partial charge in [-0.15, -0.1) is 0 Å². The number of likely N-dealkylation sites (tertiary alicyclic amines) is 1. The average Bonchev–Trinajstić information content (AvgIpc) is 3.24. The van der Waals surface area contributed by atoms with Crippen molar-refractivity contribution in [3.63, 3.8) is 0 Å². The Hall–Kier alpha value is -2.83. The number of H-pyrrole nitrogens is 2. The number of aromatic nitrogens is 3. The van der Waals surface area contributed by atoms with Gasteiger partial charge in [0.25, 0.3) is 0 Å². The van der Waals surface area contributed by atoms with Crippen LogP contribution in [0.1, 0.15) is 24.3 Å². The molecule has 1 fully saturated rings. The first-order valence-electron chi connectivity index (χ1n) is 8.02. The number of rotatable bonds is 2. The van der Waals surface area contributed by atoms with Crippen LogP contribution in [0.25, 0.3) is 10.9 Å². The number of anilines is 1. The monoisotopic (exact) mass is 327 g/mol. The first-order valence-corrected chi connectivity index (χ1v) is 8.02. The zero-order chi connectivity index (χ0) is 16.5. The van der Waals surface area contributed by atoms with Gasteiger partial charge in [0.05, 0.1) is 11.9 Å². The number of nitrogens with zero attached hydrogens (tertiary/aromatic N) is 2. The van der Waals surface area contributed by atoms with Crippen molar-refractivity contribution in [3.8, 4) is 0 Å².